The third-order valence-corrected chi connectivity index (χ3v) is 5.59. The number of hydrogen-bond acceptors (Lipinski definition) is 6. The highest BCUT2D eigenvalue weighted by atomic mass is 127. The molecule has 162 valence electrons. The van der Waals surface area contributed by atoms with E-state index in [0.717, 1.165) is 17.1 Å². The number of benzene rings is 1. The molecule has 0 saturated heterocycles. The van der Waals surface area contributed by atoms with Crippen LogP contribution in [0.15, 0.2) is 28.6 Å². The van der Waals surface area contributed by atoms with Crippen LogP contribution in [0.2, 0.25) is 0 Å². The normalized spacial score (nSPS) is 11.7. The molecule has 2 aromatic rings. The van der Waals surface area contributed by atoms with Crippen molar-refractivity contribution in [1.29, 1.82) is 0 Å². The molecule has 0 aliphatic carbocycles. The Morgan fingerprint density at radius 3 is 2.59 bits per heavy atom. The van der Waals surface area contributed by atoms with Crippen molar-refractivity contribution in [3.05, 3.63) is 46.2 Å². The minimum Gasteiger partial charge on any atom is -0.357 e. The van der Waals surface area contributed by atoms with Crippen LogP contribution in [0.3, 0.4) is 0 Å². The van der Waals surface area contributed by atoms with Gasteiger partial charge in [-0.15, -0.1) is 35.3 Å². The zero-order valence-corrected chi connectivity index (χ0v) is 20.9. The first-order valence-corrected chi connectivity index (χ1v) is 11.7. The van der Waals surface area contributed by atoms with E-state index in [2.05, 4.69) is 20.6 Å². The first-order chi connectivity index (χ1) is 13.2. The molecule has 1 heterocycles. The molecule has 2 N–H and O–H groups in total. The average Bonchev–Trinajstić information content (AvgIpc) is 3.07. The number of thiazole rings is 1. The van der Waals surface area contributed by atoms with E-state index in [9.17, 15) is 12.8 Å². The second-order valence-electron chi connectivity index (χ2n) is 6.55. The van der Waals surface area contributed by atoms with Crippen molar-refractivity contribution >= 4 is 56.2 Å². The summed E-state index contributed by atoms with van der Waals surface area (Å²) in [6.07, 6.45) is 1.16. The maximum absolute atomic E-state index is 13.6. The van der Waals surface area contributed by atoms with Crippen molar-refractivity contribution in [3.8, 4) is 0 Å². The third-order valence-electron chi connectivity index (χ3n) is 3.70. The maximum atomic E-state index is 13.6. The molecular weight excluding hydrogens is 528 g/mol. The van der Waals surface area contributed by atoms with E-state index < -0.39 is 15.7 Å². The highest BCUT2D eigenvalue weighted by molar-refractivity contribution is 14.0. The molecule has 1 aromatic carbocycles. The fourth-order valence-electron chi connectivity index (χ4n) is 2.43. The molecule has 0 atom stereocenters. The lowest BCUT2D eigenvalue weighted by molar-refractivity contribution is 0.600. The Hall–Kier alpha value is -1.47. The van der Waals surface area contributed by atoms with Gasteiger partial charge in [-0.05, 0) is 30.2 Å². The molecule has 0 saturated carbocycles. The number of nitrogens with one attached hydrogen (secondary N) is 2. The molecule has 11 heteroatoms. The molecule has 29 heavy (non-hydrogen) atoms. The minimum atomic E-state index is -3.23. The average molecular weight is 555 g/mol. The van der Waals surface area contributed by atoms with Crippen LogP contribution in [-0.4, -0.2) is 46.3 Å². The Kier molecular flexibility index (Phi) is 10.3. The van der Waals surface area contributed by atoms with Gasteiger partial charge in [0.05, 0.1) is 24.5 Å². The summed E-state index contributed by atoms with van der Waals surface area (Å²) in [5.41, 5.74) is 1.99. The summed E-state index contributed by atoms with van der Waals surface area (Å²) in [7, 11) is 0.653. The summed E-state index contributed by atoms with van der Waals surface area (Å²) in [5, 5.41) is 9.22. The first-order valence-electron chi connectivity index (χ1n) is 8.77. The number of aromatic nitrogens is 1. The monoisotopic (exact) mass is 555 g/mol. The van der Waals surface area contributed by atoms with Gasteiger partial charge in [-0.3, -0.25) is 0 Å². The quantitative estimate of drug-likeness (QED) is 0.296. The van der Waals surface area contributed by atoms with Crippen LogP contribution in [0.4, 0.5) is 9.52 Å². The molecule has 0 aliphatic heterocycles. The van der Waals surface area contributed by atoms with Crippen LogP contribution in [0, 0.1) is 5.82 Å². The molecule has 0 amide bonds. The molecule has 0 bridgehead atoms. The minimum absolute atomic E-state index is 0. The van der Waals surface area contributed by atoms with Gasteiger partial charge < -0.3 is 15.5 Å². The second kappa shape index (κ2) is 11.6. The zero-order chi connectivity index (χ0) is 20.7. The molecule has 0 spiro atoms. The number of guanidine groups is 1. The Morgan fingerprint density at radius 1 is 1.28 bits per heavy atom. The summed E-state index contributed by atoms with van der Waals surface area (Å²) in [5.74, 6) is -0.00982. The number of halogens is 2. The van der Waals surface area contributed by atoms with E-state index in [1.54, 1.807) is 11.3 Å². The zero-order valence-electron chi connectivity index (χ0n) is 16.9. The van der Waals surface area contributed by atoms with E-state index in [-0.39, 0.29) is 36.3 Å². The Balaban J connectivity index is 0.00000420. The number of nitrogens with zero attached hydrogens (tertiary/aromatic N) is 3. The molecule has 0 aliphatic rings. The van der Waals surface area contributed by atoms with Gasteiger partial charge in [0.15, 0.2) is 20.9 Å². The van der Waals surface area contributed by atoms with Gasteiger partial charge >= 0.3 is 0 Å². The van der Waals surface area contributed by atoms with Gasteiger partial charge in [-0.25, -0.2) is 22.8 Å². The number of anilines is 1. The predicted octanol–water partition coefficient (Wildman–Crippen LogP) is 2.77. The summed E-state index contributed by atoms with van der Waals surface area (Å²) < 4.78 is 36.9. The van der Waals surface area contributed by atoms with Gasteiger partial charge in [0.2, 0.25) is 0 Å². The lowest BCUT2D eigenvalue weighted by Gasteiger charge is -2.12. The summed E-state index contributed by atoms with van der Waals surface area (Å²) in [6, 6.07) is 4.10. The lowest BCUT2D eigenvalue weighted by Crippen LogP contribution is -2.36. The predicted molar refractivity (Wildman–Crippen MR) is 128 cm³/mol. The molecular formula is C18H27FIN5O2S2. The van der Waals surface area contributed by atoms with Crippen molar-refractivity contribution < 1.29 is 12.8 Å². The van der Waals surface area contributed by atoms with Gasteiger partial charge in [-0.1, -0.05) is 6.07 Å². The summed E-state index contributed by atoms with van der Waals surface area (Å²) in [6.45, 7) is 3.26. The van der Waals surface area contributed by atoms with E-state index in [4.69, 9.17) is 0 Å². The fraction of sp³-hybridized carbons (Fsp3) is 0.444. The van der Waals surface area contributed by atoms with Crippen molar-refractivity contribution in [2.75, 3.05) is 31.8 Å². The lowest BCUT2D eigenvalue weighted by atomic mass is 10.1. The molecule has 7 nitrogen and oxygen atoms in total. The number of sulfone groups is 1. The van der Waals surface area contributed by atoms with Crippen LogP contribution >= 0.6 is 35.3 Å². The highest BCUT2D eigenvalue weighted by Gasteiger charge is 2.11. The maximum Gasteiger partial charge on any atom is 0.191 e. The van der Waals surface area contributed by atoms with Crippen LogP contribution in [0.25, 0.3) is 0 Å². The van der Waals surface area contributed by atoms with Crippen LogP contribution in [0.1, 0.15) is 23.7 Å². The van der Waals surface area contributed by atoms with Gasteiger partial charge in [-0.2, -0.15) is 0 Å². The highest BCUT2D eigenvalue weighted by Crippen LogP contribution is 2.18. The van der Waals surface area contributed by atoms with Crippen molar-refractivity contribution in [3.63, 3.8) is 0 Å². The van der Waals surface area contributed by atoms with Crippen molar-refractivity contribution in [2.45, 2.75) is 25.8 Å². The molecule has 0 fully saturated rings. The van der Waals surface area contributed by atoms with E-state index >= 15 is 0 Å². The number of rotatable bonds is 8. The van der Waals surface area contributed by atoms with E-state index in [1.165, 1.54) is 18.2 Å². The number of hydrogen-bond donors (Lipinski definition) is 2. The Morgan fingerprint density at radius 2 is 2.00 bits per heavy atom. The van der Waals surface area contributed by atoms with E-state index in [0.29, 0.717) is 30.2 Å². The summed E-state index contributed by atoms with van der Waals surface area (Å²) >= 11 is 1.56. The van der Waals surface area contributed by atoms with Crippen molar-refractivity contribution in [2.24, 2.45) is 4.99 Å². The van der Waals surface area contributed by atoms with Gasteiger partial charge in [0.1, 0.15) is 5.82 Å². The molecule has 0 radical (unpaired) electrons. The first kappa shape index (κ1) is 25.6. The summed E-state index contributed by atoms with van der Waals surface area (Å²) in [4.78, 5) is 10.9. The topological polar surface area (TPSA) is 86.7 Å². The number of aliphatic imine (C=N–C) groups is 1. The van der Waals surface area contributed by atoms with Gasteiger partial charge in [0, 0.05) is 32.3 Å². The van der Waals surface area contributed by atoms with Crippen LogP contribution in [-0.2, 0) is 28.7 Å². The SMILES string of the molecule is CCNC(=NCc1cc(F)ccc1CS(C)(=O)=O)NCc1csc(N(C)C)n1.I. The third kappa shape index (κ3) is 8.83. The van der Waals surface area contributed by atoms with E-state index in [1.807, 2.05) is 31.3 Å². The molecule has 2 rings (SSSR count). The van der Waals surface area contributed by atoms with Crippen molar-refractivity contribution in [1.82, 2.24) is 15.6 Å². The largest absolute Gasteiger partial charge is 0.357 e. The second-order valence-corrected chi connectivity index (χ2v) is 9.52. The van der Waals surface area contributed by atoms with Gasteiger partial charge in [0.25, 0.3) is 0 Å². The smallest absolute Gasteiger partial charge is 0.191 e. The standard InChI is InChI=1S/C18H26FN5O2S2.HI/c1-5-20-17(22-10-16-11-27-18(23-16)24(2)3)21-9-14-8-15(19)7-6-13(14)12-28(4,25)26;/h6-8,11H,5,9-10,12H2,1-4H3,(H2,20,21,22);1H. The van der Waals surface area contributed by atoms with Crippen LogP contribution < -0.4 is 15.5 Å². The van der Waals surface area contributed by atoms with Crippen LogP contribution in [0.5, 0.6) is 0 Å². The fourth-order valence-corrected chi connectivity index (χ4v) is 4.03. The Labute approximate surface area is 192 Å². The molecule has 0 unspecified atom stereocenters. The molecule has 1 aromatic heterocycles. The Bertz CT molecular complexity index is 932.